The van der Waals surface area contributed by atoms with Crippen LogP contribution in [0.4, 0.5) is 0 Å². The van der Waals surface area contributed by atoms with Crippen molar-refractivity contribution in [2.24, 2.45) is 0 Å². The van der Waals surface area contributed by atoms with Gasteiger partial charge in [0.15, 0.2) is 0 Å². The number of amides is 1. The van der Waals surface area contributed by atoms with Crippen molar-refractivity contribution in [1.29, 1.82) is 0 Å². The van der Waals surface area contributed by atoms with Crippen molar-refractivity contribution in [3.05, 3.63) is 0 Å². The van der Waals surface area contributed by atoms with Gasteiger partial charge in [0.25, 0.3) is 0 Å². The van der Waals surface area contributed by atoms with Crippen LogP contribution in [0.3, 0.4) is 0 Å². The van der Waals surface area contributed by atoms with Crippen LogP contribution in [0.1, 0.15) is 38.5 Å². The third kappa shape index (κ3) is 3.19. The summed E-state index contributed by atoms with van der Waals surface area (Å²) in [5, 5.41) is 12.9. The molecule has 0 radical (unpaired) electrons. The molecule has 0 saturated heterocycles. The molecule has 4 nitrogen and oxygen atoms in total. The molecule has 4 heteroatoms. The first-order valence-electron chi connectivity index (χ1n) is 6.28. The van der Waals surface area contributed by atoms with Gasteiger partial charge in [-0.05, 0) is 32.7 Å². The molecule has 2 aliphatic carbocycles. The van der Waals surface area contributed by atoms with Gasteiger partial charge in [0.05, 0.1) is 12.1 Å². The lowest BCUT2D eigenvalue weighted by Crippen LogP contribution is -2.44. The minimum absolute atomic E-state index is 0.0368. The quantitative estimate of drug-likeness (QED) is 0.718. The SMILES string of the molecule is CN(CC(=O)NCC1(O)CCCC1)C1CC1. The van der Waals surface area contributed by atoms with Gasteiger partial charge < -0.3 is 10.4 Å². The van der Waals surface area contributed by atoms with Gasteiger partial charge in [-0.2, -0.15) is 0 Å². The molecular formula is C12H22N2O2. The van der Waals surface area contributed by atoms with E-state index in [0.29, 0.717) is 19.1 Å². The summed E-state index contributed by atoms with van der Waals surface area (Å²) in [6, 6.07) is 0.611. The highest BCUT2D eigenvalue weighted by atomic mass is 16.3. The van der Waals surface area contributed by atoms with Gasteiger partial charge in [0, 0.05) is 12.6 Å². The maximum Gasteiger partial charge on any atom is 0.234 e. The van der Waals surface area contributed by atoms with E-state index in [9.17, 15) is 9.90 Å². The van der Waals surface area contributed by atoms with Gasteiger partial charge in [-0.3, -0.25) is 9.69 Å². The summed E-state index contributed by atoms with van der Waals surface area (Å²) in [7, 11) is 1.99. The Bertz CT molecular complexity index is 258. The topological polar surface area (TPSA) is 52.6 Å². The van der Waals surface area contributed by atoms with E-state index in [1.165, 1.54) is 12.8 Å². The number of likely N-dealkylation sites (N-methyl/N-ethyl adjacent to an activating group) is 1. The zero-order chi connectivity index (χ0) is 11.6. The predicted molar refractivity (Wildman–Crippen MR) is 62.1 cm³/mol. The lowest BCUT2D eigenvalue weighted by atomic mass is 10.0. The largest absolute Gasteiger partial charge is 0.388 e. The van der Waals surface area contributed by atoms with Crippen molar-refractivity contribution in [3.63, 3.8) is 0 Å². The number of carbonyl (C=O) groups is 1. The summed E-state index contributed by atoms with van der Waals surface area (Å²) >= 11 is 0. The van der Waals surface area contributed by atoms with E-state index in [0.717, 1.165) is 25.7 Å². The molecule has 0 bridgehead atoms. The fraction of sp³-hybridized carbons (Fsp3) is 0.917. The Kier molecular flexibility index (Phi) is 3.50. The first-order chi connectivity index (χ1) is 7.59. The van der Waals surface area contributed by atoms with E-state index >= 15 is 0 Å². The van der Waals surface area contributed by atoms with Crippen molar-refractivity contribution in [3.8, 4) is 0 Å². The van der Waals surface area contributed by atoms with Crippen molar-refractivity contribution in [1.82, 2.24) is 10.2 Å². The first kappa shape index (κ1) is 11.9. The molecule has 0 spiro atoms. The second-order valence-electron chi connectivity index (χ2n) is 5.35. The fourth-order valence-electron chi connectivity index (χ4n) is 2.40. The Hall–Kier alpha value is -0.610. The molecule has 0 heterocycles. The monoisotopic (exact) mass is 226 g/mol. The summed E-state index contributed by atoms with van der Waals surface area (Å²) in [5.41, 5.74) is -0.631. The zero-order valence-electron chi connectivity index (χ0n) is 10.0. The van der Waals surface area contributed by atoms with Crippen molar-refractivity contribution < 1.29 is 9.90 Å². The number of hydrogen-bond donors (Lipinski definition) is 2. The Morgan fingerprint density at radius 2 is 2.06 bits per heavy atom. The van der Waals surface area contributed by atoms with Gasteiger partial charge in [0.1, 0.15) is 0 Å². The minimum atomic E-state index is -0.631. The van der Waals surface area contributed by atoms with Crippen LogP contribution >= 0.6 is 0 Å². The maximum atomic E-state index is 11.6. The van der Waals surface area contributed by atoms with Crippen molar-refractivity contribution in [2.75, 3.05) is 20.1 Å². The number of nitrogens with one attached hydrogen (secondary N) is 1. The number of nitrogens with zero attached hydrogens (tertiary/aromatic N) is 1. The van der Waals surface area contributed by atoms with Crippen LogP contribution in [-0.4, -0.2) is 47.7 Å². The zero-order valence-corrected chi connectivity index (χ0v) is 10.0. The van der Waals surface area contributed by atoms with E-state index in [4.69, 9.17) is 0 Å². The second kappa shape index (κ2) is 4.72. The van der Waals surface area contributed by atoms with E-state index in [2.05, 4.69) is 10.2 Å². The molecule has 16 heavy (non-hydrogen) atoms. The van der Waals surface area contributed by atoms with Crippen LogP contribution in [0.5, 0.6) is 0 Å². The van der Waals surface area contributed by atoms with E-state index in [1.54, 1.807) is 0 Å². The Labute approximate surface area is 97.0 Å². The lowest BCUT2D eigenvalue weighted by molar-refractivity contribution is -0.123. The maximum absolute atomic E-state index is 11.6. The summed E-state index contributed by atoms with van der Waals surface area (Å²) in [5.74, 6) is 0.0368. The molecule has 0 aromatic rings. The first-order valence-corrected chi connectivity index (χ1v) is 6.28. The summed E-state index contributed by atoms with van der Waals surface area (Å²) in [6.07, 6.45) is 6.24. The smallest absolute Gasteiger partial charge is 0.234 e. The molecule has 0 aromatic carbocycles. The third-order valence-corrected chi connectivity index (χ3v) is 3.71. The van der Waals surface area contributed by atoms with Gasteiger partial charge in [-0.15, -0.1) is 0 Å². The molecule has 2 N–H and O–H groups in total. The van der Waals surface area contributed by atoms with E-state index in [1.807, 2.05) is 7.05 Å². The van der Waals surface area contributed by atoms with Gasteiger partial charge in [-0.1, -0.05) is 12.8 Å². The summed E-state index contributed by atoms with van der Waals surface area (Å²) in [4.78, 5) is 13.7. The number of rotatable bonds is 5. The van der Waals surface area contributed by atoms with E-state index in [-0.39, 0.29) is 5.91 Å². The highest BCUT2D eigenvalue weighted by molar-refractivity contribution is 5.78. The normalized spacial score (nSPS) is 23.7. The molecule has 0 aliphatic heterocycles. The van der Waals surface area contributed by atoms with Crippen LogP contribution < -0.4 is 5.32 Å². The molecular weight excluding hydrogens is 204 g/mol. The summed E-state index contributed by atoms with van der Waals surface area (Å²) < 4.78 is 0. The Morgan fingerprint density at radius 3 is 2.62 bits per heavy atom. The Morgan fingerprint density at radius 1 is 1.44 bits per heavy atom. The average Bonchev–Trinajstić information content (AvgIpc) is 3.00. The highest BCUT2D eigenvalue weighted by Gasteiger charge is 2.32. The molecule has 2 saturated carbocycles. The number of hydrogen-bond acceptors (Lipinski definition) is 3. The number of aliphatic hydroxyl groups is 1. The predicted octanol–water partition coefficient (Wildman–Crippen LogP) is 0.502. The molecule has 2 aliphatic rings. The highest BCUT2D eigenvalue weighted by Crippen LogP contribution is 2.28. The fourth-order valence-corrected chi connectivity index (χ4v) is 2.40. The molecule has 0 unspecified atom stereocenters. The molecule has 0 aromatic heterocycles. The number of carbonyl (C=O) groups excluding carboxylic acids is 1. The van der Waals surface area contributed by atoms with Crippen LogP contribution in [0.2, 0.25) is 0 Å². The van der Waals surface area contributed by atoms with Gasteiger partial charge >= 0.3 is 0 Å². The molecule has 2 fully saturated rings. The Balaban J connectivity index is 1.66. The average molecular weight is 226 g/mol. The van der Waals surface area contributed by atoms with Crippen molar-refractivity contribution in [2.45, 2.75) is 50.2 Å². The molecule has 92 valence electrons. The van der Waals surface area contributed by atoms with Crippen LogP contribution in [0.15, 0.2) is 0 Å². The standard InChI is InChI=1S/C12H22N2O2/c1-14(10-4-5-10)8-11(15)13-9-12(16)6-2-3-7-12/h10,16H,2-9H2,1H3,(H,13,15). The summed E-state index contributed by atoms with van der Waals surface area (Å²) in [6.45, 7) is 0.880. The van der Waals surface area contributed by atoms with E-state index < -0.39 is 5.60 Å². The molecule has 0 atom stereocenters. The molecule has 2 rings (SSSR count). The van der Waals surface area contributed by atoms with Crippen LogP contribution in [0.25, 0.3) is 0 Å². The van der Waals surface area contributed by atoms with Crippen LogP contribution in [0, 0.1) is 0 Å². The molecule has 1 amide bonds. The third-order valence-electron chi connectivity index (χ3n) is 3.71. The van der Waals surface area contributed by atoms with Crippen LogP contribution in [-0.2, 0) is 4.79 Å². The van der Waals surface area contributed by atoms with Gasteiger partial charge in [0.2, 0.25) is 5.91 Å². The van der Waals surface area contributed by atoms with Gasteiger partial charge in [-0.25, -0.2) is 0 Å². The second-order valence-corrected chi connectivity index (χ2v) is 5.35. The lowest BCUT2D eigenvalue weighted by Gasteiger charge is -2.23. The minimum Gasteiger partial charge on any atom is -0.388 e. The van der Waals surface area contributed by atoms with Crippen molar-refractivity contribution >= 4 is 5.91 Å².